The van der Waals surface area contributed by atoms with Crippen LogP contribution in [0.4, 0.5) is 29.1 Å². The Morgan fingerprint density at radius 1 is 1.37 bits per heavy atom. The van der Waals surface area contributed by atoms with E-state index in [9.17, 15) is 22.4 Å². The van der Waals surface area contributed by atoms with Crippen molar-refractivity contribution in [1.29, 1.82) is 0 Å². The average Bonchev–Trinajstić information content (AvgIpc) is 3.24. The number of aromatic nitrogens is 3. The summed E-state index contributed by atoms with van der Waals surface area (Å²) in [6.45, 7) is 0.836. The second-order valence-electron chi connectivity index (χ2n) is 8.19. The van der Waals surface area contributed by atoms with Gasteiger partial charge in [-0.05, 0) is 37.1 Å². The monoisotopic (exact) mass is 551 g/mol. The molecule has 1 amide bonds. The van der Waals surface area contributed by atoms with Crippen molar-refractivity contribution in [1.82, 2.24) is 25.0 Å². The van der Waals surface area contributed by atoms with E-state index >= 15 is 0 Å². The summed E-state index contributed by atoms with van der Waals surface area (Å²) in [4.78, 5) is 20.3. The smallest absolute Gasteiger partial charge is 0.447 e. The van der Waals surface area contributed by atoms with Crippen molar-refractivity contribution < 1.29 is 27.1 Å². The van der Waals surface area contributed by atoms with Crippen LogP contribution in [0.2, 0.25) is 0 Å². The highest BCUT2D eigenvalue weighted by atomic mass is 32.2. The lowest BCUT2D eigenvalue weighted by atomic mass is 10.1. The Morgan fingerprint density at radius 3 is 2.89 bits per heavy atom. The van der Waals surface area contributed by atoms with Crippen LogP contribution in [0.25, 0.3) is 5.65 Å². The largest absolute Gasteiger partial charge is 0.495 e. The minimum atomic E-state index is -4.58. The van der Waals surface area contributed by atoms with Gasteiger partial charge in [0.25, 0.3) is 5.91 Å². The molecule has 2 atom stereocenters. The molecule has 1 aliphatic rings. The van der Waals surface area contributed by atoms with Gasteiger partial charge in [-0.1, -0.05) is 5.92 Å². The summed E-state index contributed by atoms with van der Waals surface area (Å²) in [7, 11) is 2.97. The lowest BCUT2D eigenvalue weighted by Crippen LogP contribution is -2.45. The summed E-state index contributed by atoms with van der Waals surface area (Å²) in [6.07, 6.45) is 2.00. The van der Waals surface area contributed by atoms with Gasteiger partial charge in [-0.2, -0.15) is 13.2 Å². The number of hydrogen-bond donors (Lipinski definition) is 4. The number of fused-ring (bicyclic) bond motifs is 1. The molecule has 4 N–H and O–H groups in total. The Labute approximate surface area is 220 Å². The molecule has 1 aliphatic heterocycles. The Kier molecular flexibility index (Phi) is 8.48. The Balaban J connectivity index is 1.60. The zero-order valence-electron chi connectivity index (χ0n) is 20.4. The molecule has 14 heteroatoms. The maximum Gasteiger partial charge on any atom is 0.447 e. The number of carbonyl (C=O) groups is 1. The van der Waals surface area contributed by atoms with Gasteiger partial charge >= 0.3 is 5.51 Å². The zero-order valence-corrected chi connectivity index (χ0v) is 21.3. The normalized spacial score (nSPS) is 17.4. The van der Waals surface area contributed by atoms with E-state index in [-0.39, 0.29) is 52.9 Å². The number of methoxy groups -OCH3 is 1. The van der Waals surface area contributed by atoms with Gasteiger partial charge in [0.2, 0.25) is 0 Å². The van der Waals surface area contributed by atoms with E-state index in [1.54, 1.807) is 18.2 Å². The molecule has 38 heavy (non-hydrogen) atoms. The fourth-order valence-corrected chi connectivity index (χ4v) is 4.55. The third-order valence-electron chi connectivity index (χ3n) is 5.71. The lowest BCUT2D eigenvalue weighted by Gasteiger charge is -2.27. The second-order valence-corrected chi connectivity index (χ2v) is 9.25. The number of ether oxygens (including phenoxy) is 1. The van der Waals surface area contributed by atoms with E-state index in [2.05, 4.69) is 43.1 Å². The van der Waals surface area contributed by atoms with Crippen molar-refractivity contribution in [3.8, 4) is 17.6 Å². The topological polar surface area (TPSA) is 105 Å². The summed E-state index contributed by atoms with van der Waals surface area (Å²) in [6, 6.07) is 4.25. The van der Waals surface area contributed by atoms with Gasteiger partial charge in [0.15, 0.2) is 11.5 Å². The minimum Gasteiger partial charge on any atom is -0.495 e. The van der Waals surface area contributed by atoms with Crippen LogP contribution in [-0.2, 0) is 0 Å². The number of alkyl halides is 4. The van der Waals surface area contributed by atoms with E-state index in [1.165, 1.54) is 31.0 Å². The molecule has 0 bridgehead atoms. The van der Waals surface area contributed by atoms with E-state index in [0.717, 1.165) is 0 Å². The van der Waals surface area contributed by atoms with Gasteiger partial charge in [0.1, 0.15) is 22.6 Å². The highest BCUT2D eigenvalue weighted by Crippen LogP contribution is 2.39. The van der Waals surface area contributed by atoms with Crippen LogP contribution in [0.1, 0.15) is 22.5 Å². The molecular formula is C24H25F4N7O2S. The first-order chi connectivity index (χ1) is 18.2. The van der Waals surface area contributed by atoms with Crippen molar-refractivity contribution in [2.45, 2.75) is 29.2 Å². The van der Waals surface area contributed by atoms with Gasteiger partial charge in [0, 0.05) is 43.3 Å². The number of piperidine rings is 1. The van der Waals surface area contributed by atoms with E-state index in [4.69, 9.17) is 4.74 Å². The van der Waals surface area contributed by atoms with Gasteiger partial charge in [-0.25, -0.2) is 14.4 Å². The molecule has 9 nitrogen and oxygen atoms in total. The number of thioether (sulfide) groups is 1. The molecule has 0 saturated carbocycles. The molecular weight excluding hydrogens is 526 g/mol. The summed E-state index contributed by atoms with van der Waals surface area (Å²) in [5.41, 5.74) is -3.60. The van der Waals surface area contributed by atoms with Gasteiger partial charge in [-0.15, -0.1) is 0 Å². The SMILES string of the molecule is CNC(=O)c1ccc(NCC#Cc2nc3c(N[C@@H]4CCNC[C@@H]4F)nccn3c2SC(F)(F)F)c(OC)c1. The summed E-state index contributed by atoms with van der Waals surface area (Å²) in [5.74, 6) is 5.79. The van der Waals surface area contributed by atoms with Crippen LogP contribution in [-0.4, -0.2) is 71.8 Å². The van der Waals surface area contributed by atoms with Crippen molar-refractivity contribution in [3.63, 3.8) is 0 Å². The molecule has 0 aliphatic carbocycles. The Morgan fingerprint density at radius 2 is 2.18 bits per heavy atom. The number of nitrogens with one attached hydrogen (secondary N) is 4. The van der Waals surface area contributed by atoms with Crippen molar-refractivity contribution >= 4 is 34.8 Å². The highest BCUT2D eigenvalue weighted by molar-refractivity contribution is 8.00. The van der Waals surface area contributed by atoms with E-state index in [1.807, 2.05) is 0 Å². The maximum atomic E-state index is 14.3. The van der Waals surface area contributed by atoms with Gasteiger partial charge < -0.3 is 26.0 Å². The van der Waals surface area contributed by atoms with Crippen LogP contribution in [0.3, 0.4) is 0 Å². The number of nitrogens with zero attached hydrogens (tertiary/aromatic N) is 3. The summed E-state index contributed by atoms with van der Waals surface area (Å²) in [5, 5.41) is 11.3. The molecule has 0 unspecified atom stereocenters. The molecule has 0 spiro atoms. The van der Waals surface area contributed by atoms with Crippen molar-refractivity contribution in [3.05, 3.63) is 41.9 Å². The number of carbonyl (C=O) groups excluding carboxylic acids is 1. The first kappa shape index (κ1) is 27.3. The molecule has 2 aromatic heterocycles. The zero-order chi connectivity index (χ0) is 27.3. The molecule has 1 saturated heterocycles. The van der Waals surface area contributed by atoms with Crippen LogP contribution in [0.5, 0.6) is 5.75 Å². The highest BCUT2D eigenvalue weighted by Gasteiger charge is 2.33. The number of benzene rings is 1. The number of amides is 1. The van der Waals surface area contributed by atoms with E-state index in [0.29, 0.717) is 30.0 Å². The average molecular weight is 552 g/mol. The Hall–Kier alpha value is -3.70. The van der Waals surface area contributed by atoms with Crippen molar-refractivity contribution in [2.24, 2.45) is 0 Å². The summed E-state index contributed by atoms with van der Waals surface area (Å²) < 4.78 is 61.1. The number of anilines is 2. The van der Waals surface area contributed by atoms with Crippen LogP contribution >= 0.6 is 11.8 Å². The predicted octanol–water partition coefficient (Wildman–Crippen LogP) is 3.28. The van der Waals surface area contributed by atoms with Crippen LogP contribution in [0, 0.1) is 11.8 Å². The molecule has 3 aromatic rings. The Bertz CT molecular complexity index is 1370. The molecule has 1 aromatic carbocycles. The van der Waals surface area contributed by atoms with Gasteiger partial charge in [-0.3, -0.25) is 9.20 Å². The number of rotatable bonds is 7. The predicted molar refractivity (Wildman–Crippen MR) is 136 cm³/mol. The van der Waals surface area contributed by atoms with Gasteiger partial charge in [0.05, 0.1) is 25.4 Å². The summed E-state index contributed by atoms with van der Waals surface area (Å²) >= 11 is -0.334. The standard InChI is InChI=1S/C24H25F4N7O2S/c1-29-22(36)14-5-6-17(19(12-14)37-2)31-8-3-4-18-23(38-24(26,27)28)35-11-10-32-20(21(35)34-18)33-16-7-9-30-13-15(16)25/h5-6,10-12,15-16,30-31H,7-9,13H2,1-2H3,(H,29,36)(H,32,33)/t15-,16+/m0/s1. The van der Waals surface area contributed by atoms with Crippen molar-refractivity contribution in [2.75, 3.05) is 44.4 Å². The molecule has 0 radical (unpaired) electrons. The second kappa shape index (κ2) is 11.8. The molecule has 4 rings (SSSR count). The third kappa shape index (κ3) is 6.40. The first-order valence-electron chi connectivity index (χ1n) is 11.6. The minimum absolute atomic E-state index is 0.0572. The molecule has 1 fully saturated rings. The third-order valence-corrected chi connectivity index (χ3v) is 6.52. The van der Waals surface area contributed by atoms with Crippen LogP contribution in [0.15, 0.2) is 35.6 Å². The van der Waals surface area contributed by atoms with E-state index < -0.39 is 17.7 Å². The number of imidazole rings is 1. The quantitative estimate of drug-likeness (QED) is 0.202. The first-order valence-corrected chi connectivity index (χ1v) is 12.4. The molecule has 3 heterocycles. The fraction of sp³-hybridized carbons (Fsp3) is 0.375. The fourth-order valence-electron chi connectivity index (χ4n) is 3.89. The lowest BCUT2D eigenvalue weighted by molar-refractivity contribution is -0.0330. The molecule has 202 valence electrons. The van der Waals surface area contributed by atoms with Crippen LogP contribution < -0.4 is 26.0 Å². The maximum absolute atomic E-state index is 14.3. The number of halogens is 4. The number of hydrogen-bond acceptors (Lipinski definition) is 8.